The second-order valence-corrected chi connectivity index (χ2v) is 7.72. The predicted molar refractivity (Wildman–Crippen MR) is 109 cm³/mol. The largest absolute Gasteiger partial charge is 0.486 e. The van der Waals surface area contributed by atoms with Crippen molar-refractivity contribution in [3.05, 3.63) is 42.5 Å². The Labute approximate surface area is 169 Å². The quantitative estimate of drug-likeness (QED) is 0.790. The highest BCUT2D eigenvalue weighted by molar-refractivity contribution is 7.99. The maximum Gasteiger partial charge on any atom is 0.227 e. The normalized spacial score (nSPS) is 16.6. The van der Waals surface area contributed by atoms with Gasteiger partial charge in [0.15, 0.2) is 11.5 Å². The van der Waals surface area contributed by atoms with E-state index in [1.807, 2.05) is 37.3 Å². The first-order valence-corrected chi connectivity index (χ1v) is 9.70. The van der Waals surface area contributed by atoms with E-state index in [2.05, 4.69) is 22.8 Å². The number of benzene rings is 2. The fourth-order valence-corrected chi connectivity index (χ4v) is 3.93. The van der Waals surface area contributed by atoms with Crippen LogP contribution in [0.5, 0.6) is 11.5 Å². The van der Waals surface area contributed by atoms with Crippen LogP contribution in [0.4, 0.5) is 5.69 Å². The fraction of sp³-hybridized carbons (Fsp3) is 0.350. The van der Waals surface area contributed by atoms with Gasteiger partial charge in [-0.15, -0.1) is 12.4 Å². The molecule has 2 aromatic carbocycles. The zero-order valence-electron chi connectivity index (χ0n) is 15.1. The van der Waals surface area contributed by atoms with Gasteiger partial charge >= 0.3 is 0 Å². The predicted octanol–water partition coefficient (Wildman–Crippen LogP) is 3.82. The van der Waals surface area contributed by atoms with Crippen molar-refractivity contribution >= 4 is 35.8 Å². The van der Waals surface area contributed by atoms with Gasteiger partial charge in [0.25, 0.3) is 0 Å². The summed E-state index contributed by atoms with van der Waals surface area (Å²) in [6, 6.07) is 13.9. The Morgan fingerprint density at radius 2 is 1.81 bits per heavy atom. The van der Waals surface area contributed by atoms with Crippen LogP contribution in [0.25, 0.3) is 0 Å². The molecular formula is C20H23ClN2O3S. The highest BCUT2D eigenvalue weighted by Gasteiger charge is 2.29. The maximum atomic E-state index is 12.7. The Kier molecular flexibility index (Phi) is 6.52. The van der Waals surface area contributed by atoms with Gasteiger partial charge in [-0.25, -0.2) is 0 Å². The topological polar surface area (TPSA) is 59.6 Å². The Morgan fingerprint density at radius 3 is 2.44 bits per heavy atom. The van der Waals surface area contributed by atoms with Crippen LogP contribution in [-0.4, -0.2) is 32.2 Å². The van der Waals surface area contributed by atoms with E-state index in [1.165, 1.54) is 0 Å². The summed E-state index contributed by atoms with van der Waals surface area (Å²) < 4.78 is 11.4. The van der Waals surface area contributed by atoms with Crippen LogP contribution < -0.4 is 20.1 Å². The van der Waals surface area contributed by atoms with Crippen LogP contribution in [0.2, 0.25) is 0 Å². The van der Waals surface area contributed by atoms with Crippen LogP contribution in [0, 0.1) is 11.8 Å². The molecular weight excluding hydrogens is 384 g/mol. The van der Waals surface area contributed by atoms with Gasteiger partial charge in [0, 0.05) is 27.8 Å². The first kappa shape index (κ1) is 19.9. The lowest BCUT2D eigenvalue weighted by molar-refractivity contribution is -0.121. The first-order valence-electron chi connectivity index (χ1n) is 8.89. The van der Waals surface area contributed by atoms with Crippen LogP contribution in [0.15, 0.2) is 52.3 Å². The van der Waals surface area contributed by atoms with Crippen molar-refractivity contribution in [2.45, 2.75) is 16.7 Å². The molecule has 5 nitrogen and oxygen atoms in total. The summed E-state index contributed by atoms with van der Waals surface area (Å²) in [4.78, 5) is 14.8. The fourth-order valence-electron chi connectivity index (χ4n) is 2.99. The van der Waals surface area contributed by atoms with E-state index in [0.717, 1.165) is 34.3 Å². The Bertz CT molecular complexity index is 799. The van der Waals surface area contributed by atoms with Gasteiger partial charge in [-0.05, 0) is 31.1 Å². The summed E-state index contributed by atoms with van der Waals surface area (Å²) in [6.07, 6.45) is 0. The highest BCUT2D eigenvalue weighted by Crippen LogP contribution is 2.42. The average molecular weight is 407 g/mol. The second kappa shape index (κ2) is 8.87. The third kappa shape index (κ3) is 4.51. The number of halogens is 1. The van der Waals surface area contributed by atoms with E-state index in [0.29, 0.717) is 24.9 Å². The summed E-state index contributed by atoms with van der Waals surface area (Å²) in [5.74, 6) is 1.82. The summed E-state index contributed by atoms with van der Waals surface area (Å²) in [7, 11) is 0. The van der Waals surface area contributed by atoms with Gasteiger partial charge in [-0.2, -0.15) is 0 Å². The SMILES string of the molecule is CC(C(=O)Nc1cc2c(cc1Sc1ccccc1)OCCO2)C1CNC1.Cl. The standard InChI is InChI=1S/C20H22N2O3S.ClH/c1-13(14-11-21-12-14)20(23)22-16-9-17-18(25-8-7-24-17)10-19(16)26-15-5-3-2-4-6-15;/h2-6,9-10,13-14,21H,7-8,11-12H2,1H3,(H,22,23);1H. The van der Waals surface area contributed by atoms with Gasteiger partial charge in [-0.1, -0.05) is 36.9 Å². The van der Waals surface area contributed by atoms with Crippen LogP contribution in [0.1, 0.15) is 6.92 Å². The van der Waals surface area contributed by atoms with Crippen molar-refractivity contribution in [1.29, 1.82) is 0 Å². The number of nitrogens with one attached hydrogen (secondary N) is 2. The molecule has 2 heterocycles. The summed E-state index contributed by atoms with van der Waals surface area (Å²) in [5.41, 5.74) is 0.771. The van der Waals surface area contributed by atoms with Gasteiger partial charge in [0.05, 0.1) is 5.69 Å². The molecule has 1 fully saturated rings. The third-order valence-electron chi connectivity index (χ3n) is 4.81. The first-order chi connectivity index (χ1) is 12.7. The zero-order chi connectivity index (χ0) is 17.9. The second-order valence-electron chi connectivity index (χ2n) is 6.60. The van der Waals surface area contributed by atoms with Gasteiger partial charge in [0.1, 0.15) is 13.2 Å². The molecule has 2 N–H and O–H groups in total. The molecule has 2 aliphatic rings. The molecule has 0 saturated carbocycles. The van der Waals surface area contributed by atoms with E-state index in [1.54, 1.807) is 11.8 Å². The Balaban J connectivity index is 0.00000210. The van der Waals surface area contributed by atoms with Gasteiger partial charge in [-0.3, -0.25) is 4.79 Å². The molecule has 7 heteroatoms. The molecule has 0 aliphatic carbocycles. The van der Waals surface area contributed by atoms with Crippen LogP contribution >= 0.6 is 24.2 Å². The van der Waals surface area contributed by atoms with Crippen molar-refractivity contribution in [2.75, 3.05) is 31.6 Å². The highest BCUT2D eigenvalue weighted by atomic mass is 35.5. The molecule has 0 bridgehead atoms. The van der Waals surface area contributed by atoms with Gasteiger partial charge in [0.2, 0.25) is 5.91 Å². The van der Waals surface area contributed by atoms with E-state index in [9.17, 15) is 4.79 Å². The molecule has 1 amide bonds. The number of rotatable bonds is 5. The number of fused-ring (bicyclic) bond motifs is 1. The molecule has 2 aliphatic heterocycles. The summed E-state index contributed by atoms with van der Waals surface area (Å²) in [5, 5.41) is 6.33. The molecule has 1 saturated heterocycles. The van der Waals surface area contributed by atoms with Crippen molar-refractivity contribution in [3.8, 4) is 11.5 Å². The molecule has 0 radical (unpaired) electrons. The number of anilines is 1. The number of carbonyl (C=O) groups is 1. The molecule has 1 atom stereocenters. The number of hydrogen-bond acceptors (Lipinski definition) is 5. The van der Waals surface area contributed by atoms with E-state index >= 15 is 0 Å². The van der Waals surface area contributed by atoms with Crippen LogP contribution in [0.3, 0.4) is 0 Å². The number of amides is 1. The Hall–Kier alpha value is -1.89. The summed E-state index contributed by atoms with van der Waals surface area (Å²) in [6.45, 7) is 4.86. The zero-order valence-corrected chi connectivity index (χ0v) is 16.7. The Morgan fingerprint density at radius 1 is 1.15 bits per heavy atom. The molecule has 1 unspecified atom stereocenters. The average Bonchev–Trinajstić information content (AvgIpc) is 2.61. The minimum absolute atomic E-state index is 0. The monoisotopic (exact) mass is 406 g/mol. The number of hydrogen-bond donors (Lipinski definition) is 2. The van der Waals surface area contributed by atoms with E-state index in [4.69, 9.17) is 9.47 Å². The lowest BCUT2D eigenvalue weighted by atomic mass is 9.88. The molecule has 144 valence electrons. The van der Waals surface area contributed by atoms with Crippen molar-refractivity contribution in [1.82, 2.24) is 5.32 Å². The maximum absolute atomic E-state index is 12.7. The molecule has 4 rings (SSSR count). The van der Waals surface area contributed by atoms with Crippen LogP contribution in [-0.2, 0) is 4.79 Å². The van der Waals surface area contributed by atoms with Gasteiger partial charge < -0.3 is 20.1 Å². The van der Waals surface area contributed by atoms with E-state index < -0.39 is 0 Å². The number of carbonyl (C=O) groups excluding carboxylic acids is 1. The number of ether oxygens (including phenoxy) is 2. The lowest BCUT2D eigenvalue weighted by Crippen LogP contribution is -2.48. The van der Waals surface area contributed by atoms with E-state index in [-0.39, 0.29) is 24.2 Å². The molecule has 27 heavy (non-hydrogen) atoms. The molecule has 0 aromatic heterocycles. The summed E-state index contributed by atoms with van der Waals surface area (Å²) >= 11 is 1.61. The minimum Gasteiger partial charge on any atom is -0.486 e. The smallest absolute Gasteiger partial charge is 0.227 e. The van der Waals surface area contributed by atoms with Crippen molar-refractivity contribution < 1.29 is 14.3 Å². The molecule has 0 spiro atoms. The third-order valence-corrected chi connectivity index (χ3v) is 5.87. The van der Waals surface area contributed by atoms with Crippen molar-refractivity contribution in [2.24, 2.45) is 11.8 Å². The minimum atomic E-state index is -0.0287. The lowest BCUT2D eigenvalue weighted by Gasteiger charge is -2.32. The van der Waals surface area contributed by atoms with Crippen molar-refractivity contribution in [3.63, 3.8) is 0 Å². The molecule has 2 aromatic rings.